The van der Waals surface area contributed by atoms with Crippen LogP contribution in [-0.4, -0.2) is 60.5 Å². The zero-order valence-electron chi connectivity index (χ0n) is 12.5. The lowest BCUT2D eigenvalue weighted by molar-refractivity contribution is -0.124. The minimum atomic E-state index is -0.597. The highest BCUT2D eigenvalue weighted by Gasteiger charge is 2.33. The van der Waals surface area contributed by atoms with E-state index in [0.29, 0.717) is 6.54 Å². The molecule has 1 N–H and O–H groups in total. The quantitative estimate of drug-likeness (QED) is 0.832. The summed E-state index contributed by atoms with van der Waals surface area (Å²) in [6, 6.07) is 2.34. The van der Waals surface area contributed by atoms with Crippen molar-refractivity contribution in [2.45, 2.75) is 44.6 Å². The first-order chi connectivity index (χ1) is 9.67. The summed E-state index contributed by atoms with van der Waals surface area (Å²) in [6.07, 6.45) is 4.88. The first-order valence-corrected chi connectivity index (χ1v) is 7.84. The fraction of sp³-hybridized carbons (Fsp3) is 0.867. The number of rotatable bonds is 4. The molecular weight excluding hydrogens is 252 g/mol. The van der Waals surface area contributed by atoms with E-state index in [9.17, 15) is 10.1 Å². The Kier molecular flexibility index (Phi) is 5.38. The molecule has 2 aliphatic rings. The van der Waals surface area contributed by atoms with Gasteiger partial charge in [0.2, 0.25) is 5.91 Å². The highest BCUT2D eigenvalue weighted by atomic mass is 16.2. The van der Waals surface area contributed by atoms with Gasteiger partial charge in [-0.05, 0) is 19.4 Å². The molecule has 1 amide bonds. The molecule has 2 fully saturated rings. The summed E-state index contributed by atoms with van der Waals surface area (Å²) >= 11 is 0. The van der Waals surface area contributed by atoms with Crippen LogP contribution >= 0.6 is 0 Å². The predicted molar refractivity (Wildman–Crippen MR) is 78.1 cm³/mol. The van der Waals surface area contributed by atoms with Crippen LogP contribution in [0.5, 0.6) is 0 Å². The first kappa shape index (κ1) is 15.3. The lowest BCUT2D eigenvalue weighted by Gasteiger charge is -2.35. The molecule has 0 unspecified atom stereocenters. The van der Waals surface area contributed by atoms with Crippen molar-refractivity contribution in [2.75, 3.05) is 39.3 Å². The summed E-state index contributed by atoms with van der Waals surface area (Å²) in [7, 11) is 0. The van der Waals surface area contributed by atoms with Gasteiger partial charge in [0.1, 0.15) is 5.54 Å². The molecule has 1 saturated heterocycles. The fourth-order valence-electron chi connectivity index (χ4n) is 3.19. The van der Waals surface area contributed by atoms with E-state index in [1.54, 1.807) is 0 Å². The molecule has 0 aromatic carbocycles. The van der Waals surface area contributed by atoms with Crippen LogP contribution in [-0.2, 0) is 4.79 Å². The van der Waals surface area contributed by atoms with E-state index in [-0.39, 0.29) is 5.91 Å². The Morgan fingerprint density at radius 3 is 2.30 bits per heavy atom. The molecule has 1 aliphatic heterocycles. The van der Waals surface area contributed by atoms with Gasteiger partial charge in [0, 0.05) is 26.2 Å². The summed E-state index contributed by atoms with van der Waals surface area (Å²) in [5.41, 5.74) is -0.597. The predicted octanol–water partition coefficient (Wildman–Crippen LogP) is 0.967. The molecule has 20 heavy (non-hydrogen) atoms. The van der Waals surface area contributed by atoms with Crippen LogP contribution in [0.15, 0.2) is 0 Å². The number of nitrogens with one attached hydrogen (secondary N) is 1. The molecule has 5 heteroatoms. The van der Waals surface area contributed by atoms with E-state index in [1.165, 1.54) is 6.42 Å². The van der Waals surface area contributed by atoms with E-state index in [1.807, 2.05) is 0 Å². The normalized spacial score (nSPS) is 24.0. The van der Waals surface area contributed by atoms with Crippen molar-refractivity contribution in [1.82, 2.24) is 15.1 Å². The van der Waals surface area contributed by atoms with Gasteiger partial charge >= 0.3 is 0 Å². The number of amides is 1. The van der Waals surface area contributed by atoms with Crippen LogP contribution in [0, 0.1) is 11.3 Å². The van der Waals surface area contributed by atoms with E-state index < -0.39 is 5.54 Å². The van der Waals surface area contributed by atoms with Gasteiger partial charge in [-0.15, -0.1) is 0 Å². The molecule has 0 aromatic heterocycles. The lowest BCUT2D eigenvalue weighted by atomic mass is 9.83. The van der Waals surface area contributed by atoms with Gasteiger partial charge in [0.05, 0.1) is 12.6 Å². The Morgan fingerprint density at radius 2 is 1.75 bits per heavy atom. The van der Waals surface area contributed by atoms with Crippen LogP contribution in [0.1, 0.15) is 39.0 Å². The maximum atomic E-state index is 12.2. The molecule has 1 saturated carbocycles. The smallest absolute Gasteiger partial charge is 0.235 e. The third-order valence-corrected chi connectivity index (χ3v) is 4.58. The largest absolute Gasteiger partial charge is 0.337 e. The van der Waals surface area contributed by atoms with Crippen molar-refractivity contribution in [3.63, 3.8) is 0 Å². The van der Waals surface area contributed by atoms with Gasteiger partial charge in [-0.2, -0.15) is 5.26 Å². The Morgan fingerprint density at radius 1 is 1.15 bits per heavy atom. The van der Waals surface area contributed by atoms with Crippen molar-refractivity contribution in [2.24, 2.45) is 0 Å². The second-order valence-electron chi connectivity index (χ2n) is 6.01. The number of nitriles is 1. The number of hydrogen-bond acceptors (Lipinski definition) is 4. The SMILES string of the molecule is CCN1CCN(CC(=O)NC2(C#N)CCCCC2)CC1. The molecule has 0 atom stereocenters. The molecule has 5 nitrogen and oxygen atoms in total. The zero-order chi connectivity index (χ0) is 14.4. The Labute approximate surface area is 121 Å². The third kappa shape index (κ3) is 3.94. The van der Waals surface area contributed by atoms with E-state index >= 15 is 0 Å². The van der Waals surface area contributed by atoms with Crippen molar-refractivity contribution < 1.29 is 4.79 Å². The Balaban J connectivity index is 1.79. The Hall–Kier alpha value is -1.12. The summed E-state index contributed by atoms with van der Waals surface area (Å²) < 4.78 is 0. The molecule has 2 rings (SSSR count). The number of carbonyl (C=O) groups is 1. The van der Waals surface area contributed by atoms with Crippen LogP contribution in [0.2, 0.25) is 0 Å². The molecule has 0 spiro atoms. The standard InChI is InChI=1S/C15H26N4O/c1-2-18-8-10-19(11-9-18)12-14(20)17-15(13-16)6-4-3-5-7-15/h2-12H2,1H3,(H,17,20). The minimum absolute atomic E-state index is 0.0124. The van der Waals surface area contributed by atoms with Crippen molar-refractivity contribution in [3.05, 3.63) is 0 Å². The van der Waals surface area contributed by atoms with Gasteiger partial charge in [0.15, 0.2) is 0 Å². The number of likely N-dealkylation sites (N-methyl/N-ethyl adjacent to an activating group) is 1. The van der Waals surface area contributed by atoms with Crippen LogP contribution < -0.4 is 5.32 Å². The molecule has 0 radical (unpaired) electrons. The highest BCUT2D eigenvalue weighted by molar-refractivity contribution is 5.79. The van der Waals surface area contributed by atoms with Crippen molar-refractivity contribution >= 4 is 5.91 Å². The third-order valence-electron chi connectivity index (χ3n) is 4.58. The van der Waals surface area contributed by atoms with Crippen LogP contribution in [0.25, 0.3) is 0 Å². The van der Waals surface area contributed by atoms with E-state index in [2.05, 4.69) is 28.1 Å². The molecule has 0 aromatic rings. The lowest BCUT2D eigenvalue weighted by Crippen LogP contribution is -2.54. The first-order valence-electron chi connectivity index (χ1n) is 7.84. The number of carbonyl (C=O) groups excluding carboxylic acids is 1. The van der Waals surface area contributed by atoms with Gasteiger partial charge in [-0.1, -0.05) is 26.2 Å². The minimum Gasteiger partial charge on any atom is -0.337 e. The maximum absolute atomic E-state index is 12.2. The average Bonchev–Trinajstić information content (AvgIpc) is 2.49. The molecular formula is C15H26N4O. The summed E-state index contributed by atoms with van der Waals surface area (Å²) in [6.45, 7) is 7.64. The van der Waals surface area contributed by atoms with E-state index in [4.69, 9.17) is 0 Å². The van der Waals surface area contributed by atoms with Crippen LogP contribution in [0.4, 0.5) is 0 Å². The Bertz CT molecular complexity index is 363. The number of nitrogens with zero attached hydrogens (tertiary/aromatic N) is 3. The topological polar surface area (TPSA) is 59.4 Å². The molecule has 112 valence electrons. The van der Waals surface area contributed by atoms with Crippen LogP contribution in [0.3, 0.4) is 0 Å². The maximum Gasteiger partial charge on any atom is 0.235 e. The molecule has 0 bridgehead atoms. The van der Waals surface area contributed by atoms with Gasteiger partial charge in [-0.3, -0.25) is 9.69 Å². The average molecular weight is 278 g/mol. The summed E-state index contributed by atoms with van der Waals surface area (Å²) in [5, 5.41) is 12.4. The summed E-state index contributed by atoms with van der Waals surface area (Å²) in [4.78, 5) is 16.8. The molecule has 1 aliphatic carbocycles. The fourth-order valence-corrected chi connectivity index (χ4v) is 3.19. The van der Waals surface area contributed by atoms with E-state index in [0.717, 1.165) is 58.4 Å². The second-order valence-corrected chi connectivity index (χ2v) is 6.01. The number of hydrogen-bond donors (Lipinski definition) is 1. The molecule has 1 heterocycles. The monoisotopic (exact) mass is 278 g/mol. The second kappa shape index (κ2) is 7.05. The van der Waals surface area contributed by atoms with Gasteiger partial charge in [0.25, 0.3) is 0 Å². The van der Waals surface area contributed by atoms with Gasteiger partial charge in [-0.25, -0.2) is 0 Å². The summed E-state index contributed by atoms with van der Waals surface area (Å²) in [5.74, 6) is 0.0124. The van der Waals surface area contributed by atoms with Gasteiger partial charge < -0.3 is 10.2 Å². The zero-order valence-corrected chi connectivity index (χ0v) is 12.5. The van der Waals surface area contributed by atoms with Crippen molar-refractivity contribution in [3.8, 4) is 6.07 Å². The van der Waals surface area contributed by atoms with Crippen molar-refractivity contribution in [1.29, 1.82) is 5.26 Å². The number of piperazine rings is 1. The highest BCUT2D eigenvalue weighted by Crippen LogP contribution is 2.27.